The first-order chi connectivity index (χ1) is 14.7. The molecule has 152 valence electrons. The topological polar surface area (TPSA) is 100 Å². The van der Waals surface area contributed by atoms with Crippen molar-refractivity contribution in [1.29, 1.82) is 0 Å². The zero-order valence-electron chi connectivity index (χ0n) is 15.5. The molecule has 0 spiro atoms. The van der Waals surface area contributed by atoms with Crippen LogP contribution in [0.3, 0.4) is 0 Å². The molecular weight excluding hydrogens is 411 g/mol. The molecule has 0 unspecified atom stereocenters. The van der Waals surface area contributed by atoms with E-state index in [2.05, 4.69) is 20.1 Å². The molecule has 0 saturated carbocycles. The number of hydrogen-bond acceptors (Lipinski definition) is 9. The van der Waals surface area contributed by atoms with E-state index in [4.69, 9.17) is 14.0 Å². The molecule has 10 heteroatoms. The molecule has 0 atom stereocenters. The number of aromatic nitrogens is 4. The molecule has 2 heterocycles. The van der Waals surface area contributed by atoms with Gasteiger partial charge in [-0.15, -0.1) is 0 Å². The predicted molar refractivity (Wildman–Crippen MR) is 105 cm³/mol. The average molecular weight is 426 g/mol. The molecule has 0 radical (unpaired) electrons. The Balaban J connectivity index is 1.22. The zero-order chi connectivity index (χ0) is 20.8. The lowest BCUT2D eigenvalue weighted by molar-refractivity contribution is -0.142. The van der Waals surface area contributed by atoms with Gasteiger partial charge in [-0.05, 0) is 36.4 Å². The predicted octanol–water partition coefficient (Wildman–Crippen LogP) is 3.57. The third-order valence-electron chi connectivity index (χ3n) is 3.81. The number of halogens is 1. The molecule has 4 aromatic rings. The van der Waals surface area contributed by atoms with E-state index >= 15 is 0 Å². The minimum atomic E-state index is -0.447. The van der Waals surface area contributed by atoms with Gasteiger partial charge in [0.05, 0.1) is 23.0 Å². The van der Waals surface area contributed by atoms with E-state index < -0.39 is 5.97 Å². The van der Waals surface area contributed by atoms with Crippen molar-refractivity contribution in [3.63, 3.8) is 0 Å². The number of nitrogens with zero attached hydrogens (tertiary/aromatic N) is 4. The second-order valence-corrected chi connectivity index (χ2v) is 6.99. The fourth-order valence-corrected chi connectivity index (χ4v) is 3.05. The lowest BCUT2D eigenvalue weighted by atomic mass is 10.3. The summed E-state index contributed by atoms with van der Waals surface area (Å²) in [5.41, 5.74) is 1.55. The zero-order valence-corrected chi connectivity index (χ0v) is 16.3. The molecule has 2 aromatic carbocycles. The van der Waals surface area contributed by atoms with Crippen LogP contribution < -0.4 is 4.74 Å². The Morgan fingerprint density at radius 2 is 1.83 bits per heavy atom. The maximum absolute atomic E-state index is 12.9. The standard InChI is InChI=1S/C20H15FN4O4S/c21-13-5-7-14(8-6-13)27-10-17-24-18(29-25-17)11-28-20(26)12-30-19-9-22-15-3-1-2-4-16(15)23-19/h1-9H,10-12H2. The largest absolute Gasteiger partial charge is 0.485 e. The summed E-state index contributed by atoms with van der Waals surface area (Å²) in [7, 11) is 0. The van der Waals surface area contributed by atoms with Crippen LogP contribution in [0, 0.1) is 5.82 Å². The number of ether oxygens (including phenoxy) is 2. The van der Waals surface area contributed by atoms with Crippen molar-refractivity contribution >= 4 is 28.8 Å². The molecule has 2 aromatic heterocycles. The first kappa shape index (κ1) is 19.8. The van der Waals surface area contributed by atoms with Crippen LogP contribution in [0.25, 0.3) is 11.0 Å². The molecule has 0 fully saturated rings. The van der Waals surface area contributed by atoms with Crippen LogP contribution in [0.5, 0.6) is 5.75 Å². The fraction of sp³-hybridized carbons (Fsp3) is 0.150. The van der Waals surface area contributed by atoms with Crippen molar-refractivity contribution in [3.8, 4) is 5.75 Å². The summed E-state index contributed by atoms with van der Waals surface area (Å²) >= 11 is 1.23. The maximum atomic E-state index is 12.9. The molecule has 8 nitrogen and oxygen atoms in total. The number of benzene rings is 2. The second kappa shape index (κ2) is 9.31. The van der Waals surface area contributed by atoms with Gasteiger partial charge in [0.15, 0.2) is 13.2 Å². The first-order valence-electron chi connectivity index (χ1n) is 8.86. The van der Waals surface area contributed by atoms with Crippen molar-refractivity contribution < 1.29 is 23.2 Å². The van der Waals surface area contributed by atoms with E-state index in [1.165, 1.54) is 36.0 Å². The average Bonchev–Trinajstić information content (AvgIpc) is 3.23. The molecule has 0 amide bonds. The van der Waals surface area contributed by atoms with Crippen molar-refractivity contribution in [1.82, 2.24) is 20.1 Å². The molecule has 0 saturated heterocycles. The van der Waals surface area contributed by atoms with Gasteiger partial charge in [0.2, 0.25) is 5.82 Å². The van der Waals surface area contributed by atoms with Crippen LogP contribution in [0.1, 0.15) is 11.7 Å². The van der Waals surface area contributed by atoms with Crippen LogP contribution in [0.4, 0.5) is 4.39 Å². The minimum Gasteiger partial charge on any atom is -0.485 e. The Hall–Kier alpha value is -3.53. The SMILES string of the molecule is O=C(CSc1cnc2ccccc2n1)OCc1nc(COc2ccc(F)cc2)no1. The number of carbonyl (C=O) groups is 1. The number of carbonyl (C=O) groups excluding carboxylic acids is 1. The number of esters is 1. The highest BCUT2D eigenvalue weighted by Gasteiger charge is 2.11. The van der Waals surface area contributed by atoms with Crippen LogP contribution in [0.2, 0.25) is 0 Å². The molecular formula is C20H15FN4O4S. The molecule has 0 bridgehead atoms. The van der Waals surface area contributed by atoms with Gasteiger partial charge < -0.3 is 14.0 Å². The number of fused-ring (bicyclic) bond motifs is 1. The van der Waals surface area contributed by atoms with Gasteiger partial charge in [0, 0.05) is 0 Å². The minimum absolute atomic E-state index is 0.0412. The molecule has 4 rings (SSSR count). The second-order valence-electron chi connectivity index (χ2n) is 5.99. The summed E-state index contributed by atoms with van der Waals surface area (Å²) in [5, 5.41) is 4.38. The summed E-state index contributed by atoms with van der Waals surface area (Å²) in [6.07, 6.45) is 1.62. The van der Waals surface area contributed by atoms with Crippen LogP contribution in [-0.4, -0.2) is 31.8 Å². The quantitative estimate of drug-likeness (QED) is 0.309. The van der Waals surface area contributed by atoms with Crippen LogP contribution >= 0.6 is 11.8 Å². The summed E-state index contributed by atoms with van der Waals surface area (Å²) < 4.78 is 28.5. The Kier molecular flexibility index (Phi) is 6.14. The Bertz CT molecular complexity index is 1150. The van der Waals surface area contributed by atoms with Crippen LogP contribution in [-0.2, 0) is 22.7 Å². The van der Waals surface area contributed by atoms with Gasteiger partial charge >= 0.3 is 5.97 Å². The van der Waals surface area contributed by atoms with E-state index in [1.807, 2.05) is 24.3 Å². The summed E-state index contributed by atoms with van der Waals surface area (Å²) in [5.74, 6) is 0.182. The normalized spacial score (nSPS) is 10.8. The highest BCUT2D eigenvalue weighted by Crippen LogP contribution is 2.18. The number of para-hydroxylation sites is 2. The summed E-state index contributed by atoms with van der Waals surface area (Å²) in [4.78, 5) is 24.8. The molecule has 0 aliphatic carbocycles. The Labute approximate surface area is 174 Å². The van der Waals surface area contributed by atoms with E-state index in [0.717, 1.165) is 11.0 Å². The molecule has 0 aliphatic heterocycles. The van der Waals surface area contributed by atoms with Gasteiger partial charge in [-0.1, -0.05) is 29.1 Å². The number of hydrogen-bond donors (Lipinski definition) is 0. The van der Waals surface area contributed by atoms with Gasteiger partial charge in [0.25, 0.3) is 5.89 Å². The number of rotatable bonds is 8. The monoisotopic (exact) mass is 426 g/mol. The lowest BCUT2D eigenvalue weighted by Gasteiger charge is -2.03. The van der Waals surface area contributed by atoms with Crippen molar-refractivity contribution in [3.05, 3.63) is 72.3 Å². The van der Waals surface area contributed by atoms with Crippen molar-refractivity contribution in [2.24, 2.45) is 0 Å². The summed E-state index contributed by atoms with van der Waals surface area (Å²) in [6, 6.07) is 13.1. The lowest BCUT2D eigenvalue weighted by Crippen LogP contribution is -2.08. The van der Waals surface area contributed by atoms with Crippen LogP contribution in [0.15, 0.2) is 64.3 Å². The van der Waals surface area contributed by atoms with E-state index in [0.29, 0.717) is 10.8 Å². The molecule has 0 N–H and O–H groups in total. The molecule has 30 heavy (non-hydrogen) atoms. The molecule has 0 aliphatic rings. The van der Waals surface area contributed by atoms with Gasteiger partial charge in [-0.25, -0.2) is 9.37 Å². The van der Waals surface area contributed by atoms with Gasteiger partial charge in [0.1, 0.15) is 16.6 Å². The van der Waals surface area contributed by atoms with Crippen molar-refractivity contribution in [2.75, 3.05) is 5.75 Å². The maximum Gasteiger partial charge on any atom is 0.316 e. The third kappa shape index (κ3) is 5.29. The Morgan fingerprint density at radius 3 is 2.67 bits per heavy atom. The van der Waals surface area contributed by atoms with E-state index in [1.54, 1.807) is 6.20 Å². The van der Waals surface area contributed by atoms with E-state index in [9.17, 15) is 9.18 Å². The highest BCUT2D eigenvalue weighted by atomic mass is 32.2. The number of thioether (sulfide) groups is 1. The third-order valence-corrected chi connectivity index (χ3v) is 4.69. The van der Waals surface area contributed by atoms with Gasteiger partial charge in [-0.2, -0.15) is 4.98 Å². The van der Waals surface area contributed by atoms with E-state index in [-0.39, 0.29) is 36.5 Å². The fourth-order valence-electron chi connectivity index (χ4n) is 2.41. The Morgan fingerprint density at radius 1 is 1.03 bits per heavy atom. The summed E-state index contributed by atoms with van der Waals surface area (Å²) in [6.45, 7) is -0.105. The highest BCUT2D eigenvalue weighted by molar-refractivity contribution is 7.99. The smallest absolute Gasteiger partial charge is 0.316 e. The van der Waals surface area contributed by atoms with Crippen molar-refractivity contribution in [2.45, 2.75) is 18.2 Å². The first-order valence-corrected chi connectivity index (χ1v) is 9.84. The van der Waals surface area contributed by atoms with Gasteiger partial charge in [-0.3, -0.25) is 9.78 Å².